The van der Waals surface area contributed by atoms with Gasteiger partial charge in [0, 0.05) is 9.51 Å². The molecule has 0 aromatic heterocycles. The second-order valence-corrected chi connectivity index (χ2v) is 5.45. The van der Waals surface area contributed by atoms with Gasteiger partial charge in [0.1, 0.15) is 13.2 Å². The van der Waals surface area contributed by atoms with Gasteiger partial charge in [0.2, 0.25) is 5.91 Å². The largest absolute Gasteiger partial charge is 0.486 e. The SMILES string of the molecule is C=C(Cl)CNC(=O)Cc1cc2c(cc1Br)OCCO2. The monoisotopic (exact) mass is 345 g/mol. The van der Waals surface area contributed by atoms with Crippen molar-refractivity contribution in [2.45, 2.75) is 6.42 Å². The molecule has 0 bridgehead atoms. The van der Waals surface area contributed by atoms with E-state index < -0.39 is 0 Å². The molecule has 0 radical (unpaired) electrons. The average molecular weight is 347 g/mol. The van der Waals surface area contributed by atoms with Crippen LogP contribution < -0.4 is 14.8 Å². The molecule has 19 heavy (non-hydrogen) atoms. The number of ether oxygens (including phenoxy) is 2. The van der Waals surface area contributed by atoms with Crippen LogP contribution in [0.2, 0.25) is 0 Å². The molecule has 1 heterocycles. The Morgan fingerprint density at radius 3 is 2.63 bits per heavy atom. The van der Waals surface area contributed by atoms with Crippen LogP contribution in [-0.4, -0.2) is 25.7 Å². The highest BCUT2D eigenvalue weighted by molar-refractivity contribution is 9.10. The smallest absolute Gasteiger partial charge is 0.224 e. The van der Waals surface area contributed by atoms with E-state index in [9.17, 15) is 4.79 Å². The van der Waals surface area contributed by atoms with Gasteiger partial charge in [-0.15, -0.1) is 0 Å². The molecule has 1 N–H and O–H groups in total. The first-order valence-corrected chi connectivity index (χ1v) is 6.91. The molecule has 4 nitrogen and oxygen atoms in total. The van der Waals surface area contributed by atoms with Crippen molar-refractivity contribution in [3.8, 4) is 11.5 Å². The van der Waals surface area contributed by atoms with Gasteiger partial charge >= 0.3 is 0 Å². The van der Waals surface area contributed by atoms with Gasteiger partial charge in [-0.1, -0.05) is 34.1 Å². The minimum atomic E-state index is -0.126. The molecule has 0 unspecified atom stereocenters. The van der Waals surface area contributed by atoms with Crippen LogP contribution in [0.15, 0.2) is 28.2 Å². The molecule has 1 aliphatic heterocycles. The molecule has 1 aliphatic rings. The molecule has 1 aromatic carbocycles. The number of benzene rings is 1. The Morgan fingerprint density at radius 1 is 1.37 bits per heavy atom. The summed E-state index contributed by atoms with van der Waals surface area (Å²) in [5, 5.41) is 3.07. The Morgan fingerprint density at radius 2 is 2.00 bits per heavy atom. The molecule has 0 atom stereocenters. The van der Waals surface area contributed by atoms with Crippen LogP contribution in [-0.2, 0) is 11.2 Å². The molecule has 0 saturated carbocycles. The van der Waals surface area contributed by atoms with Crippen LogP contribution in [0, 0.1) is 0 Å². The maximum Gasteiger partial charge on any atom is 0.224 e. The van der Waals surface area contributed by atoms with E-state index in [1.54, 1.807) is 0 Å². The molecular weight excluding hydrogens is 334 g/mol. The van der Waals surface area contributed by atoms with E-state index >= 15 is 0 Å². The Hall–Kier alpha value is -1.20. The van der Waals surface area contributed by atoms with Crippen molar-refractivity contribution in [1.29, 1.82) is 0 Å². The summed E-state index contributed by atoms with van der Waals surface area (Å²) in [6, 6.07) is 3.63. The van der Waals surface area contributed by atoms with Crippen LogP contribution in [0.25, 0.3) is 0 Å². The van der Waals surface area contributed by atoms with Gasteiger partial charge in [-0.05, 0) is 17.7 Å². The van der Waals surface area contributed by atoms with E-state index in [4.69, 9.17) is 21.1 Å². The fourth-order valence-electron chi connectivity index (χ4n) is 1.67. The fourth-order valence-corrected chi connectivity index (χ4v) is 2.20. The average Bonchev–Trinajstić information content (AvgIpc) is 2.37. The predicted octanol–water partition coefficient (Wildman–Crippen LogP) is 2.63. The lowest BCUT2D eigenvalue weighted by Gasteiger charge is -2.19. The molecule has 102 valence electrons. The highest BCUT2D eigenvalue weighted by atomic mass is 79.9. The lowest BCUT2D eigenvalue weighted by molar-refractivity contribution is -0.120. The minimum absolute atomic E-state index is 0.126. The van der Waals surface area contributed by atoms with Crippen molar-refractivity contribution in [2.75, 3.05) is 19.8 Å². The van der Waals surface area contributed by atoms with E-state index in [1.807, 2.05) is 12.1 Å². The minimum Gasteiger partial charge on any atom is -0.486 e. The quantitative estimate of drug-likeness (QED) is 0.912. The number of halogens is 2. The number of fused-ring (bicyclic) bond motifs is 1. The third-order valence-electron chi connectivity index (χ3n) is 2.54. The molecule has 0 spiro atoms. The summed E-state index contributed by atoms with van der Waals surface area (Å²) in [5.74, 6) is 1.23. The van der Waals surface area contributed by atoms with Gasteiger partial charge in [0.25, 0.3) is 0 Å². The first kappa shape index (κ1) is 14.2. The second-order valence-electron chi connectivity index (χ2n) is 4.06. The van der Waals surface area contributed by atoms with E-state index in [-0.39, 0.29) is 18.9 Å². The number of amides is 1. The highest BCUT2D eigenvalue weighted by Gasteiger charge is 2.16. The summed E-state index contributed by atoms with van der Waals surface area (Å²) in [6.07, 6.45) is 0.237. The lowest BCUT2D eigenvalue weighted by atomic mass is 10.1. The Labute approximate surface area is 124 Å². The third kappa shape index (κ3) is 3.88. The van der Waals surface area contributed by atoms with E-state index in [0.717, 1.165) is 10.0 Å². The summed E-state index contributed by atoms with van der Waals surface area (Å²) in [5.41, 5.74) is 0.835. The number of hydrogen-bond donors (Lipinski definition) is 1. The van der Waals surface area contributed by atoms with Crippen LogP contribution in [0.5, 0.6) is 11.5 Å². The van der Waals surface area contributed by atoms with Crippen LogP contribution in [0.4, 0.5) is 0 Å². The van der Waals surface area contributed by atoms with Crippen molar-refractivity contribution in [2.24, 2.45) is 0 Å². The Bertz CT molecular complexity index is 519. The van der Waals surface area contributed by atoms with Crippen LogP contribution in [0.1, 0.15) is 5.56 Å². The van der Waals surface area contributed by atoms with Gasteiger partial charge in [-0.2, -0.15) is 0 Å². The predicted molar refractivity (Wildman–Crippen MR) is 76.8 cm³/mol. The van der Waals surface area contributed by atoms with Crippen LogP contribution in [0.3, 0.4) is 0 Å². The number of nitrogens with one attached hydrogen (secondary N) is 1. The van der Waals surface area contributed by atoms with Gasteiger partial charge in [-0.25, -0.2) is 0 Å². The van der Waals surface area contributed by atoms with Gasteiger partial charge in [-0.3, -0.25) is 4.79 Å². The van der Waals surface area contributed by atoms with E-state index in [2.05, 4.69) is 27.8 Å². The topological polar surface area (TPSA) is 47.6 Å². The molecule has 6 heteroatoms. The molecule has 1 amide bonds. The summed E-state index contributed by atoms with van der Waals surface area (Å²) in [4.78, 5) is 11.7. The lowest BCUT2D eigenvalue weighted by Crippen LogP contribution is -2.26. The summed E-state index contributed by atoms with van der Waals surface area (Å²) in [7, 11) is 0. The zero-order chi connectivity index (χ0) is 13.8. The maximum atomic E-state index is 11.7. The first-order chi connectivity index (χ1) is 9.06. The first-order valence-electron chi connectivity index (χ1n) is 5.74. The maximum absolute atomic E-state index is 11.7. The van der Waals surface area contributed by atoms with E-state index in [0.29, 0.717) is 29.7 Å². The van der Waals surface area contributed by atoms with Gasteiger partial charge in [0.15, 0.2) is 11.5 Å². The Balaban J connectivity index is 2.07. The highest BCUT2D eigenvalue weighted by Crippen LogP contribution is 2.35. The second kappa shape index (κ2) is 6.30. The Kier molecular flexibility index (Phi) is 4.71. The van der Waals surface area contributed by atoms with Crippen molar-refractivity contribution in [3.05, 3.63) is 33.8 Å². The molecule has 0 aliphatic carbocycles. The van der Waals surface area contributed by atoms with Crippen molar-refractivity contribution >= 4 is 33.4 Å². The number of hydrogen-bond acceptors (Lipinski definition) is 3. The molecule has 2 rings (SSSR count). The normalized spacial score (nSPS) is 12.9. The van der Waals surface area contributed by atoms with Crippen molar-refractivity contribution in [3.63, 3.8) is 0 Å². The number of carbonyl (C=O) groups is 1. The van der Waals surface area contributed by atoms with E-state index in [1.165, 1.54) is 0 Å². The van der Waals surface area contributed by atoms with Crippen molar-refractivity contribution < 1.29 is 14.3 Å². The van der Waals surface area contributed by atoms with Gasteiger partial charge in [0.05, 0.1) is 13.0 Å². The molecule has 0 saturated heterocycles. The third-order valence-corrected chi connectivity index (χ3v) is 3.41. The summed E-state index contributed by atoms with van der Waals surface area (Å²) in [6.45, 7) is 4.84. The van der Waals surface area contributed by atoms with Crippen LogP contribution >= 0.6 is 27.5 Å². The zero-order valence-electron chi connectivity index (χ0n) is 10.2. The zero-order valence-corrected chi connectivity index (χ0v) is 12.5. The standard InChI is InChI=1S/C13H13BrClNO3/c1-8(15)7-16-13(17)5-9-4-11-12(6-10(9)14)19-3-2-18-11/h4,6H,1-3,5,7H2,(H,16,17). The molecule has 0 fully saturated rings. The van der Waals surface area contributed by atoms with Crippen molar-refractivity contribution in [1.82, 2.24) is 5.32 Å². The van der Waals surface area contributed by atoms with Gasteiger partial charge < -0.3 is 14.8 Å². The molecule has 1 aromatic rings. The number of carbonyl (C=O) groups excluding carboxylic acids is 1. The fraction of sp³-hybridized carbons (Fsp3) is 0.308. The summed E-state index contributed by atoms with van der Waals surface area (Å²) >= 11 is 9.02. The summed E-state index contributed by atoms with van der Waals surface area (Å²) < 4.78 is 11.8. The molecular formula is C13H13BrClNO3. The number of rotatable bonds is 4.